The first-order chi connectivity index (χ1) is 14.5. The molecule has 0 aromatic carbocycles. The second kappa shape index (κ2) is 11.9. The Labute approximate surface area is 175 Å². The molecule has 0 radical (unpaired) electrons. The van der Waals surface area contributed by atoms with Gasteiger partial charge in [-0.1, -0.05) is 0 Å². The molecule has 0 aliphatic carbocycles. The summed E-state index contributed by atoms with van der Waals surface area (Å²) in [6, 6.07) is -4.12. The van der Waals surface area contributed by atoms with Crippen LogP contribution in [0.1, 0.15) is 18.5 Å². The van der Waals surface area contributed by atoms with Gasteiger partial charge in [0.2, 0.25) is 29.5 Å². The summed E-state index contributed by atoms with van der Waals surface area (Å²) in [6.07, 6.45) is 1.52. The van der Waals surface area contributed by atoms with Gasteiger partial charge in [0.05, 0.1) is 25.2 Å². The van der Waals surface area contributed by atoms with Crippen LogP contribution in [0.5, 0.6) is 0 Å². The third-order valence-corrected chi connectivity index (χ3v) is 3.82. The highest BCUT2D eigenvalue weighted by Crippen LogP contribution is 2.02. The Morgan fingerprint density at radius 1 is 0.968 bits per heavy atom. The van der Waals surface area contributed by atoms with Crippen LogP contribution in [0.3, 0.4) is 0 Å². The topological polar surface area (TPSA) is 265 Å². The lowest BCUT2D eigenvalue weighted by Crippen LogP contribution is -2.57. The van der Waals surface area contributed by atoms with Crippen LogP contribution in [0.15, 0.2) is 12.5 Å². The summed E-state index contributed by atoms with van der Waals surface area (Å²) in [5.41, 5.74) is 16.1. The molecule has 3 atom stereocenters. The SMILES string of the molecule is NC(=O)CC(N)C(=O)NC(Cc1cnc[nH]1)C(=O)NC(CC(N)=O)C(=O)NCC(=O)O. The number of aromatic nitrogens is 2. The fourth-order valence-corrected chi connectivity index (χ4v) is 2.38. The molecule has 170 valence electrons. The number of nitrogens with zero attached hydrogens (tertiary/aromatic N) is 1. The summed E-state index contributed by atoms with van der Waals surface area (Å²) < 4.78 is 0. The smallest absolute Gasteiger partial charge is 0.322 e. The fraction of sp³-hybridized carbons (Fsp3) is 0.438. The Kier molecular flexibility index (Phi) is 9.58. The lowest BCUT2D eigenvalue weighted by molar-refractivity contribution is -0.138. The van der Waals surface area contributed by atoms with Gasteiger partial charge in [0.1, 0.15) is 18.6 Å². The maximum Gasteiger partial charge on any atom is 0.322 e. The number of rotatable bonds is 13. The maximum atomic E-state index is 12.7. The van der Waals surface area contributed by atoms with E-state index < -0.39 is 73.0 Å². The fourth-order valence-electron chi connectivity index (χ4n) is 2.38. The molecule has 15 nitrogen and oxygen atoms in total. The summed E-state index contributed by atoms with van der Waals surface area (Å²) in [5, 5.41) is 15.3. The number of aromatic amines is 1. The van der Waals surface area contributed by atoms with Gasteiger partial charge < -0.3 is 43.2 Å². The third-order valence-electron chi connectivity index (χ3n) is 3.82. The molecule has 0 bridgehead atoms. The van der Waals surface area contributed by atoms with E-state index in [1.165, 1.54) is 12.5 Å². The minimum atomic E-state index is -1.50. The van der Waals surface area contributed by atoms with E-state index in [0.29, 0.717) is 5.69 Å². The highest BCUT2D eigenvalue weighted by atomic mass is 16.4. The second-order valence-corrected chi connectivity index (χ2v) is 6.46. The van der Waals surface area contributed by atoms with E-state index in [1.807, 2.05) is 5.32 Å². The molecule has 0 spiro atoms. The van der Waals surface area contributed by atoms with E-state index >= 15 is 0 Å². The van der Waals surface area contributed by atoms with Crippen LogP contribution in [0.25, 0.3) is 0 Å². The van der Waals surface area contributed by atoms with E-state index in [9.17, 15) is 28.8 Å². The molecule has 1 aromatic rings. The van der Waals surface area contributed by atoms with Crippen molar-refractivity contribution in [1.82, 2.24) is 25.9 Å². The van der Waals surface area contributed by atoms with E-state index in [4.69, 9.17) is 22.3 Å². The monoisotopic (exact) mass is 440 g/mol. The van der Waals surface area contributed by atoms with E-state index in [-0.39, 0.29) is 6.42 Å². The van der Waals surface area contributed by atoms with E-state index in [2.05, 4.69) is 20.6 Å². The molecule has 0 fully saturated rings. The van der Waals surface area contributed by atoms with Crippen LogP contribution in [0, 0.1) is 0 Å². The van der Waals surface area contributed by atoms with E-state index in [0.717, 1.165) is 0 Å². The van der Waals surface area contributed by atoms with Crippen molar-refractivity contribution in [3.8, 4) is 0 Å². The van der Waals surface area contributed by atoms with Crippen LogP contribution in [-0.4, -0.2) is 75.2 Å². The van der Waals surface area contributed by atoms with Gasteiger partial charge in [-0.15, -0.1) is 0 Å². The number of carbonyl (C=O) groups is 6. The number of aliphatic carboxylic acids is 1. The second-order valence-electron chi connectivity index (χ2n) is 6.46. The first-order valence-electron chi connectivity index (χ1n) is 8.89. The van der Waals surface area contributed by atoms with Crippen molar-refractivity contribution in [3.05, 3.63) is 18.2 Å². The number of hydrogen-bond donors (Lipinski definition) is 8. The number of nitrogens with two attached hydrogens (primary N) is 3. The number of H-pyrrole nitrogens is 1. The summed E-state index contributed by atoms with van der Waals surface area (Å²) in [7, 11) is 0. The number of imidazole rings is 1. The zero-order valence-corrected chi connectivity index (χ0v) is 16.3. The van der Waals surface area contributed by atoms with Gasteiger partial charge in [-0.2, -0.15) is 0 Å². The zero-order chi connectivity index (χ0) is 23.6. The number of carboxylic acid groups (broad SMARTS) is 1. The molecular formula is C16H24N8O7. The first kappa shape index (κ1) is 25.0. The molecule has 3 unspecified atom stereocenters. The molecule has 0 saturated heterocycles. The molecule has 0 aliphatic rings. The normalized spacial score (nSPS) is 13.3. The quantitative estimate of drug-likeness (QED) is 0.146. The maximum absolute atomic E-state index is 12.7. The van der Waals surface area contributed by atoms with Crippen molar-refractivity contribution in [2.45, 2.75) is 37.4 Å². The van der Waals surface area contributed by atoms with Gasteiger partial charge in [-0.05, 0) is 0 Å². The first-order valence-corrected chi connectivity index (χ1v) is 8.89. The predicted octanol–water partition coefficient (Wildman–Crippen LogP) is -4.80. The highest BCUT2D eigenvalue weighted by molar-refractivity contribution is 5.96. The number of nitrogens with one attached hydrogen (secondary N) is 4. The van der Waals surface area contributed by atoms with Crippen LogP contribution >= 0.6 is 0 Å². The Balaban J connectivity index is 2.97. The number of amides is 5. The van der Waals surface area contributed by atoms with Gasteiger partial charge >= 0.3 is 5.97 Å². The number of carboxylic acids is 1. The molecule has 1 rings (SSSR count). The van der Waals surface area contributed by atoms with E-state index in [1.54, 1.807) is 0 Å². The standard InChI is InChI=1S/C16H24N8O7/c17-8(2-11(18)25)14(29)23-9(1-7-4-20-6-22-7)16(31)24-10(3-12(19)26)15(30)21-5-13(27)28/h4,6,8-10H,1-3,5,17H2,(H2,18,25)(H2,19,26)(H,20,22)(H,21,30)(H,23,29)(H,24,31)(H,27,28). The van der Waals surface area contributed by atoms with Crippen LogP contribution in [0.4, 0.5) is 0 Å². The largest absolute Gasteiger partial charge is 0.480 e. The molecule has 15 heteroatoms. The van der Waals surface area contributed by atoms with Crippen molar-refractivity contribution in [3.63, 3.8) is 0 Å². The minimum absolute atomic E-state index is 0.110. The van der Waals surface area contributed by atoms with Crippen LogP contribution in [0.2, 0.25) is 0 Å². The molecule has 1 aromatic heterocycles. The van der Waals surface area contributed by atoms with Gasteiger partial charge in [0.15, 0.2) is 0 Å². The predicted molar refractivity (Wildman–Crippen MR) is 102 cm³/mol. The van der Waals surface area contributed by atoms with Gasteiger partial charge in [0, 0.05) is 18.3 Å². The zero-order valence-electron chi connectivity index (χ0n) is 16.3. The molecule has 1 heterocycles. The summed E-state index contributed by atoms with van der Waals surface area (Å²) in [4.78, 5) is 76.5. The average Bonchev–Trinajstić information content (AvgIpc) is 3.17. The number of primary amides is 2. The van der Waals surface area contributed by atoms with Gasteiger partial charge in [-0.3, -0.25) is 28.8 Å². The summed E-state index contributed by atoms with van der Waals surface area (Å²) >= 11 is 0. The van der Waals surface area contributed by atoms with Crippen molar-refractivity contribution in [1.29, 1.82) is 0 Å². The molecule has 5 amide bonds. The van der Waals surface area contributed by atoms with Crippen molar-refractivity contribution in [2.24, 2.45) is 17.2 Å². The minimum Gasteiger partial charge on any atom is -0.480 e. The molecule has 0 aliphatic heterocycles. The van der Waals surface area contributed by atoms with Gasteiger partial charge in [-0.25, -0.2) is 4.98 Å². The third kappa shape index (κ3) is 9.35. The Hall–Kier alpha value is -4.01. The number of hydrogen-bond acceptors (Lipinski definition) is 8. The summed E-state index contributed by atoms with van der Waals surface area (Å²) in [5.74, 6) is -5.83. The Morgan fingerprint density at radius 3 is 2.10 bits per heavy atom. The average molecular weight is 440 g/mol. The van der Waals surface area contributed by atoms with Crippen LogP contribution < -0.4 is 33.2 Å². The Morgan fingerprint density at radius 2 is 1.58 bits per heavy atom. The highest BCUT2D eigenvalue weighted by Gasteiger charge is 2.30. The van der Waals surface area contributed by atoms with Crippen molar-refractivity contribution < 1.29 is 33.9 Å². The molecular weight excluding hydrogens is 416 g/mol. The van der Waals surface area contributed by atoms with Gasteiger partial charge in [0.25, 0.3) is 0 Å². The number of carbonyl (C=O) groups excluding carboxylic acids is 5. The molecule has 0 saturated carbocycles. The summed E-state index contributed by atoms with van der Waals surface area (Å²) in [6.45, 7) is -0.750. The lowest BCUT2D eigenvalue weighted by atomic mass is 10.1. The van der Waals surface area contributed by atoms with Crippen molar-refractivity contribution in [2.75, 3.05) is 6.54 Å². The molecule has 11 N–H and O–H groups in total. The van der Waals surface area contributed by atoms with Crippen LogP contribution in [-0.2, 0) is 35.2 Å². The van der Waals surface area contributed by atoms with Crippen molar-refractivity contribution >= 4 is 35.5 Å². The lowest BCUT2D eigenvalue weighted by Gasteiger charge is -2.23. The Bertz CT molecular complexity index is 826. The molecule has 31 heavy (non-hydrogen) atoms.